The van der Waals surface area contributed by atoms with Gasteiger partial charge in [-0.3, -0.25) is 19.1 Å². The molecule has 1 saturated carbocycles. The van der Waals surface area contributed by atoms with E-state index in [2.05, 4.69) is 25.9 Å². The van der Waals surface area contributed by atoms with E-state index >= 15 is 0 Å². The molecule has 0 spiro atoms. The molecule has 3 atom stereocenters. The predicted octanol–water partition coefficient (Wildman–Crippen LogP) is 2.73. The number of piperazine rings is 1. The molecule has 1 aliphatic heterocycles. The topological polar surface area (TPSA) is 149 Å². The monoisotopic (exact) mass is 581 g/mol. The highest BCUT2D eigenvalue weighted by Crippen LogP contribution is 2.28. The summed E-state index contributed by atoms with van der Waals surface area (Å²) in [5.74, 6) is -1.26. The van der Waals surface area contributed by atoms with Crippen molar-refractivity contribution in [3.63, 3.8) is 0 Å². The summed E-state index contributed by atoms with van der Waals surface area (Å²) in [6.07, 6.45) is 5.20. The summed E-state index contributed by atoms with van der Waals surface area (Å²) >= 11 is 0. The van der Waals surface area contributed by atoms with E-state index in [9.17, 15) is 24.3 Å². The first kappa shape index (κ1) is 31.0. The van der Waals surface area contributed by atoms with Gasteiger partial charge in [0.25, 0.3) is 5.91 Å². The Hall–Kier alpha value is -3.93. The first-order valence-electron chi connectivity index (χ1n) is 14.9. The van der Waals surface area contributed by atoms with Gasteiger partial charge in [-0.05, 0) is 56.5 Å². The third-order valence-corrected chi connectivity index (χ3v) is 8.50. The normalized spacial score (nSPS) is 18.5. The van der Waals surface area contributed by atoms with Crippen molar-refractivity contribution in [3.8, 4) is 0 Å². The zero-order valence-electron chi connectivity index (χ0n) is 24.7. The second kappa shape index (κ2) is 14.3. The minimum Gasteiger partial charge on any atom is -0.465 e. The minimum atomic E-state index is -1.25. The molecule has 12 heteroatoms. The van der Waals surface area contributed by atoms with Crippen LogP contribution >= 0.6 is 0 Å². The summed E-state index contributed by atoms with van der Waals surface area (Å²) in [4.78, 5) is 55.3. The third kappa shape index (κ3) is 7.67. The minimum absolute atomic E-state index is 0.0310. The fourth-order valence-corrected chi connectivity index (χ4v) is 5.90. The lowest BCUT2D eigenvalue weighted by molar-refractivity contribution is -0.135. The Balaban J connectivity index is 1.46. The van der Waals surface area contributed by atoms with Gasteiger partial charge in [-0.25, -0.2) is 4.79 Å². The van der Waals surface area contributed by atoms with Gasteiger partial charge in [0, 0.05) is 50.5 Å². The lowest BCUT2D eigenvalue weighted by atomic mass is 9.83. The number of carbonyl (C=O) groups is 4. The Labute approximate surface area is 246 Å². The Kier molecular flexibility index (Phi) is 10.6. The first-order chi connectivity index (χ1) is 20.2. The molecule has 0 radical (unpaired) electrons. The number of aromatic nitrogens is 2. The molecule has 4 N–H and O–H groups in total. The van der Waals surface area contributed by atoms with E-state index < -0.39 is 24.1 Å². The standard InChI is InChI=1S/C30H43N7O5/c1-4-37-24(14-15-31-37)27(38)33-26(22-8-6-5-7-9-22)28(39)32-23-12-10-21(11-13-23)20(2)25(34-30(41)42)29(40)36-18-16-35(3)17-19-36/h10-15,20,22,25-26,34H,4-9,16-19H2,1-3H3,(H,32,39)(H,33,38)(H,41,42). The molecule has 2 aromatic rings. The Bertz CT molecular complexity index is 1230. The number of likely N-dealkylation sites (N-methyl/N-ethyl adjacent to an activating group) is 1. The van der Waals surface area contributed by atoms with Gasteiger partial charge in [0.05, 0.1) is 0 Å². The van der Waals surface area contributed by atoms with E-state index in [0.29, 0.717) is 31.0 Å². The number of anilines is 1. The molecule has 2 aliphatic rings. The maximum Gasteiger partial charge on any atom is 0.405 e. The lowest BCUT2D eigenvalue weighted by Crippen LogP contribution is -2.55. The molecule has 4 rings (SSSR count). The van der Waals surface area contributed by atoms with Gasteiger partial charge < -0.3 is 30.9 Å². The van der Waals surface area contributed by atoms with Crippen molar-refractivity contribution in [2.75, 3.05) is 38.5 Å². The molecule has 3 unspecified atom stereocenters. The number of nitrogens with one attached hydrogen (secondary N) is 3. The van der Waals surface area contributed by atoms with Crippen LogP contribution in [0.1, 0.15) is 67.9 Å². The second-order valence-electron chi connectivity index (χ2n) is 11.3. The number of carboxylic acid groups (broad SMARTS) is 1. The number of benzene rings is 1. The molecule has 0 bridgehead atoms. The van der Waals surface area contributed by atoms with Crippen LogP contribution in [-0.4, -0.2) is 93.8 Å². The molecule has 2 fully saturated rings. The SMILES string of the molecule is CCn1nccc1C(=O)NC(C(=O)Nc1ccc(C(C)C(NC(=O)O)C(=O)N2CCN(C)CC2)cc1)C1CCCCC1. The van der Waals surface area contributed by atoms with E-state index in [0.717, 1.165) is 50.8 Å². The average molecular weight is 582 g/mol. The summed E-state index contributed by atoms with van der Waals surface area (Å²) in [6, 6.07) is 7.09. The fraction of sp³-hybridized carbons (Fsp3) is 0.567. The highest BCUT2D eigenvalue weighted by Gasteiger charge is 2.34. The van der Waals surface area contributed by atoms with Crippen LogP contribution in [0.4, 0.5) is 10.5 Å². The molecular formula is C30H43N7O5. The number of hydrogen-bond donors (Lipinski definition) is 4. The highest BCUT2D eigenvalue weighted by atomic mass is 16.4. The summed E-state index contributed by atoms with van der Waals surface area (Å²) < 4.78 is 1.60. The summed E-state index contributed by atoms with van der Waals surface area (Å²) in [5, 5.41) is 22.0. The molecule has 12 nitrogen and oxygen atoms in total. The second-order valence-corrected chi connectivity index (χ2v) is 11.3. The van der Waals surface area contributed by atoms with Crippen molar-refractivity contribution in [2.45, 2.75) is 70.5 Å². The van der Waals surface area contributed by atoms with E-state index in [1.54, 1.807) is 46.1 Å². The predicted molar refractivity (Wildman–Crippen MR) is 158 cm³/mol. The quantitative estimate of drug-likeness (QED) is 0.337. The first-order valence-corrected chi connectivity index (χ1v) is 14.9. The van der Waals surface area contributed by atoms with E-state index in [4.69, 9.17) is 0 Å². The van der Waals surface area contributed by atoms with Gasteiger partial charge in [0.2, 0.25) is 11.8 Å². The van der Waals surface area contributed by atoms with Gasteiger partial charge in [-0.15, -0.1) is 0 Å². The number of aryl methyl sites for hydroxylation is 1. The van der Waals surface area contributed by atoms with Crippen molar-refractivity contribution < 1.29 is 24.3 Å². The molecule has 4 amide bonds. The van der Waals surface area contributed by atoms with Gasteiger partial charge >= 0.3 is 6.09 Å². The van der Waals surface area contributed by atoms with Crippen LogP contribution in [0.5, 0.6) is 0 Å². The van der Waals surface area contributed by atoms with E-state index in [-0.39, 0.29) is 23.6 Å². The van der Waals surface area contributed by atoms with Crippen molar-refractivity contribution >= 4 is 29.5 Å². The largest absolute Gasteiger partial charge is 0.465 e. The van der Waals surface area contributed by atoms with E-state index in [1.165, 1.54) is 0 Å². The average Bonchev–Trinajstić information content (AvgIpc) is 3.48. The Morgan fingerprint density at radius 3 is 2.26 bits per heavy atom. The molecule has 1 saturated heterocycles. The summed E-state index contributed by atoms with van der Waals surface area (Å²) in [5.41, 5.74) is 1.73. The highest BCUT2D eigenvalue weighted by molar-refractivity contribution is 6.00. The number of hydrogen-bond acceptors (Lipinski definition) is 6. The summed E-state index contributed by atoms with van der Waals surface area (Å²) in [7, 11) is 1.99. The lowest BCUT2D eigenvalue weighted by Gasteiger charge is -2.36. The maximum absolute atomic E-state index is 13.5. The molecule has 1 aliphatic carbocycles. The van der Waals surface area contributed by atoms with Crippen molar-refractivity contribution in [1.82, 2.24) is 30.2 Å². The molecule has 228 valence electrons. The number of carbonyl (C=O) groups excluding carboxylic acids is 3. The number of rotatable bonds is 10. The van der Waals surface area contributed by atoms with Crippen LogP contribution in [0.3, 0.4) is 0 Å². The van der Waals surface area contributed by atoms with Crippen LogP contribution in [0.2, 0.25) is 0 Å². The van der Waals surface area contributed by atoms with Crippen LogP contribution in [0, 0.1) is 5.92 Å². The van der Waals surface area contributed by atoms with Crippen LogP contribution in [0.25, 0.3) is 0 Å². The number of amides is 4. The van der Waals surface area contributed by atoms with Crippen molar-refractivity contribution in [1.29, 1.82) is 0 Å². The molecule has 42 heavy (non-hydrogen) atoms. The Morgan fingerprint density at radius 1 is 0.976 bits per heavy atom. The fourth-order valence-electron chi connectivity index (χ4n) is 5.90. The zero-order chi connectivity index (χ0) is 30.2. The van der Waals surface area contributed by atoms with Crippen LogP contribution < -0.4 is 16.0 Å². The molecule has 1 aromatic carbocycles. The number of nitrogens with zero attached hydrogens (tertiary/aromatic N) is 4. The maximum atomic E-state index is 13.5. The van der Waals surface area contributed by atoms with Crippen LogP contribution in [0.15, 0.2) is 36.5 Å². The van der Waals surface area contributed by atoms with Gasteiger partial charge in [-0.2, -0.15) is 5.10 Å². The van der Waals surface area contributed by atoms with Gasteiger partial charge in [-0.1, -0.05) is 38.3 Å². The van der Waals surface area contributed by atoms with Crippen molar-refractivity contribution in [2.24, 2.45) is 5.92 Å². The van der Waals surface area contributed by atoms with Crippen LogP contribution in [-0.2, 0) is 16.1 Å². The van der Waals surface area contributed by atoms with Crippen molar-refractivity contribution in [3.05, 3.63) is 47.8 Å². The third-order valence-electron chi connectivity index (χ3n) is 8.50. The van der Waals surface area contributed by atoms with Gasteiger partial charge in [0.15, 0.2) is 0 Å². The zero-order valence-corrected chi connectivity index (χ0v) is 24.7. The van der Waals surface area contributed by atoms with Gasteiger partial charge in [0.1, 0.15) is 17.8 Å². The molecule has 2 heterocycles. The smallest absolute Gasteiger partial charge is 0.405 e. The van der Waals surface area contributed by atoms with E-state index in [1.807, 2.05) is 20.9 Å². The molecule has 1 aromatic heterocycles. The molecular weight excluding hydrogens is 538 g/mol. The summed E-state index contributed by atoms with van der Waals surface area (Å²) in [6.45, 7) is 6.83. The Morgan fingerprint density at radius 2 is 1.64 bits per heavy atom.